The molecule has 0 amide bonds. The van der Waals surface area contributed by atoms with Crippen molar-refractivity contribution in [2.75, 3.05) is 26.2 Å². The van der Waals surface area contributed by atoms with Gasteiger partial charge in [-0.3, -0.25) is 4.90 Å². The number of ether oxygens (including phenoxy) is 1. The standard InChI is InChI=1S/C17H25BrN2O/c1-13-10-15(18)11-14(12-19-16-4-5-16)17(13)21-9-8-20-6-2-3-7-20/h10-11,16,19H,2-9,12H2,1H3. The molecule has 3 nitrogen and oxygen atoms in total. The van der Waals surface area contributed by atoms with Crippen molar-refractivity contribution in [3.8, 4) is 5.75 Å². The van der Waals surface area contributed by atoms with Gasteiger partial charge in [0.2, 0.25) is 0 Å². The van der Waals surface area contributed by atoms with Crippen LogP contribution in [0, 0.1) is 6.92 Å². The average molecular weight is 353 g/mol. The average Bonchev–Trinajstić information content (AvgIpc) is 3.14. The minimum atomic E-state index is 0.724. The van der Waals surface area contributed by atoms with Gasteiger partial charge in [0.15, 0.2) is 0 Å². The predicted molar refractivity (Wildman–Crippen MR) is 89.9 cm³/mol. The molecule has 2 aliphatic rings. The molecular weight excluding hydrogens is 328 g/mol. The van der Waals surface area contributed by atoms with Crippen LogP contribution in [0.3, 0.4) is 0 Å². The van der Waals surface area contributed by atoms with Gasteiger partial charge in [0.05, 0.1) is 0 Å². The van der Waals surface area contributed by atoms with Crippen LogP contribution < -0.4 is 10.1 Å². The van der Waals surface area contributed by atoms with E-state index in [1.54, 1.807) is 0 Å². The van der Waals surface area contributed by atoms with Crippen LogP contribution in [0.1, 0.15) is 36.8 Å². The quantitative estimate of drug-likeness (QED) is 0.812. The van der Waals surface area contributed by atoms with Gasteiger partial charge >= 0.3 is 0 Å². The fourth-order valence-electron chi connectivity index (χ4n) is 2.96. The molecule has 0 bridgehead atoms. The van der Waals surface area contributed by atoms with Crippen molar-refractivity contribution < 1.29 is 4.74 Å². The van der Waals surface area contributed by atoms with Crippen molar-refractivity contribution in [3.05, 3.63) is 27.7 Å². The molecule has 0 unspecified atom stereocenters. The Balaban J connectivity index is 1.60. The molecular formula is C17H25BrN2O. The Morgan fingerprint density at radius 3 is 2.76 bits per heavy atom. The SMILES string of the molecule is Cc1cc(Br)cc(CNC2CC2)c1OCCN1CCCC1. The Labute approximate surface area is 136 Å². The van der Waals surface area contributed by atoms with E-state index in [4.69, 9.17) is 4.74 Å². The topological polar surface area (TPSA) is 24.5 Å². The number of halogens is 1. The molecule has 4 heteroatoms. The summed E-state index contributed by atoms with van der Waals surface area (Å²) in [6.45, 7) is 7.35. The van der Waals surface area contributed by atoms with Crippen LogP contribution in [-0.4, -0.2) is 37.2 Å². The highest BCUT2D eigenvalue weighted by Crippen LogP contribution is 2.29. The molecule has 0 radical (unpaired) electrons. The summed E-state index contributed by atoms with van der Waals surface area (Å²) in [5.74, 6) is 1.07. The van der Waals surface area contributed by atoms with Gasteiger partial charge in [-0.1, -0.05) is 15.9 Å². The summed E-state index contributed by atoms with van der Waals surface area (Å²) in [6, 6.07) is 5.06. The molecule has 2 fully saturated rings. The Morgan fingerprint density at radius 2 is 2.05 bits per heavy atom. The van der Waals surface area contributed by atoms with E-state index in [-0.39, 0.29) is 0 Å². The molecule has 0 aromatic heterocycles. The number of hydrogen-bond donors (Lipinski definition) is 1. The summed E-state index contributed by atoms with van der Waals surface area (Å²) in [7, 11) is 0. The van der Waals surface area contributed by atoms with Crippen molar-refractivity contribution in [1.82, 2.24) is 10.2 Å². The lowest BCUT2D eigenvalue weighted by molar-refractivity contribution is 0.235. The molecule has 1 aliphatic heterocycles. The third-order valence-corrected chi connectivity index (χ3v) is 4.79. The van der Waals surface area contributed by atoms with Crippen LogP contribution in [-0.2, 0) is 6.54 Å². The fourth-order valence-corrected chi connectivity index (χ4v) is 3.58. The minimum Gasteiger partial charge on any atom is -0.492 e. The van der Waals surface area contributed by atoms with E-state index in [0.717, 1.165) is 36.0 Å². The summed E-state index contributed by atoms with van der Waals surface area (Å²) in [6.07, 6.45) is 5.32. The molecule has 0 spiro atoms. The summed E-state index contributed by atoms with van der Waals surface area (Å²) in [5.41, 5.74) is 2.49. The molecule has 3 rings (SSSR count). The molecule has 1 aromatic carbocycles. The van der Waals surface area contributed by atoms with Crippen LogP contribution in [0.2, 0.25) is 0 Å². The van der Waals surface area contributed by atoms with Crippen molar-refractivity contribution in [1.29, 1.82) is 0 Å². The predicted octanol–water partition coefficient (Wildman–Crippen LogP) is 3.48. The first-order chi connectivity index (χ1) is 10.2. The van der Waals surface area contributed by atoms with E-state index in [2.05, 4.69) is 45.2 Å². The number of aryl methyl sites for hydroxylation is 1. The molecule has 1 saturated carbocycles. The lowest BCUT2D eigenvalue weighted by atomic mass is 10.1. The summed E-state index contributed by atoms with van der Waals surface area (Å²) >= 11 is 3.60. The monoisotopic (exact) mass is 352 g/mol. The van der Waals surface area contributed by atoms with Crippen LogP contribution in [0.5, 0.6) is 5.75 Å². The molecule has 1 N–H and O–H groups in total. The lowest BCUT2D eigenvalue weighted by Crippen LogP contribution is -2.25. The number of hydrogen-bond acceptors (Lipinski definition) is 3. The maximum Gasteiger partial charge on any atom is 0.126 e. The second-order valence-electron chi connectivity index (χ2n) is 6.26. The molecule has 1 heterocycles. The Morgan fingerprint density at radius 1 is 1.29 bits per heavy atom. The van der Waals surface area contributed by atoms with Crippen molar-refractivity contribution in [2.24, 2.45) is 0 Å². The van der Waals surface area contributed by atoms with E-state index in [9.17, 15) is 0 Å². The zero-order chi connectivity index (χ0) is 14.7. The van der Waals surface area contributed by atoms with E-state index in [0.29, 0.717) is 0 Å². The molecule has 0 atom stereocenters. The summed E-state index contributed by atoms with van der Waals surface area (Å²) in [4.78, 5) is 2.50. The van der Waals surface area contributed by atoms with Crippen LogP contribution in [0.15, 0.2) is 16.6 Å². The van der Waals surface area contributed by atoms with Gasteiger partial charge in [-0.05, 0) is 63.4 Å². The van der Waals surface area contributed by atoms with Gasteiger partial charge in [-0.2, -0.15) is 0 Å². The van der Waals surface area contributed by atoms with E-state index >= 15 is 0 Å². The maximum absolute atomic E-state index is 6.14. The van der Waals surface area contributed by atoms with Gasteiger partial charge in [0.1, 0.15) is 12.4 Å². The zero-order valence-corrected chi connectivity index (χ0v) is 14.4. The number of nitrogens with one attached hydrogen (secondary N) is 1. The summed E-state index contributed by atoms with van der Waals surface area (Å²) < 4.78 is 7.27. The normalized spacial score (nSPS) is 19.1. The molecule has 1 aliphatic carbocycles. The smallest absolute Gasteiger partial charge is 0.126 e. The van der Waals surface area contributed by atoms with Crippen LogP contribution in [0.4, 0.5) is 0 Å². The lowest BCUT2D eigenvalue weighted by Gasteiger charge is -2.18. The minimum absolute atomic E-state index is 0.724. The molecule has 1 aromatic rings. The second kappa shape index (κ2) is 7.12. The largest absolute Gasteiger partial charge is 0.492 e. The Hall–Kier alpha value is -0.580. The van der Waals surface area contributed by atoms with Crippen molar-refractivity contribution in [2.45, 2.75) is 45.2 Å². The summed E-state index contributed by atoms with van der Waals surface area (Å²) in [5, 5.41) is 3.59. The van der Waals surface area contributed by atoms with Gasteiger partial charge in [0.25, 0.3) is 0 Å². The van der Waals surface area contributed by atoms with Crippen LogP contribution in [0.25, 0.3) is 0 Å². The Kier molecular flexibility index (Phi) is 5.19. The first-order valence-corrected chi connectivity index (χ1v) is 8.89. The second-order valence-corrected chi connectivity index (χ2v) is 7.18. The number of benzene rings is 1. The number of nitrogens with zero attached hydrogens (tertiary/aromatic N) is 1. The highest BCUT2D eigenvalue weighted by Gasteiger charge is 2.21. The van der Waals surface area contributed by atoms with Gasteiger partial charge < -0.3 is 10.1 Å². The highest BCUT2D eigenvalue weighted by atomic mass is 79.9. The van der Waals surface area contributed by atoms with E-state index < -0.39 is 0 Å². The van der Waals surface area contributed by atoms with Crippen molar-refractivity contribution in [3.63, 3.8) is 0 Å². The first kappa shape index (κ1) is 15.3. The first-order valence-electron chi connectivity index (χ1n) is 8.10. The number of rotatable bonds is 7. The van der Waals surface area contributed by atoms with Gasteiger partial charge in [-0.15, -0.1) is 0 Å². The number of likely N-dealkylation sites (tertiary alicyclic amines) is 1. The molecule has 1 saturated heterocycles. The van der Waals surface area contributed by atoms with E-state index in [1.165, 1.54) is 49.9 Å². The van der Waals surface area contributed by atoms with Gasteiger partial charge in [0, 0.05) is 29.2 Å². The third kappa shape index (κ3) is 4.44. The Bertz CT molecular complexity index is 482. The van der Waals surface area contributed by atoms with Crippen LogP contribution >= 0.6 is 15.9 Å². The fraction of sp³-hybridized carbons (Fsp3) is 0.647. The van der Waals surface area contributed by atoms with E-state index in [1.807, 2.05) is 0 Å². The zero-order valence-electron chi connectivity index (χ0n) is 12.8. The third-order valence-electron chi connectivity index (χ3n) is 4.33. The van der Waals surface area contributed by atoms with Gasteiger partial charge in [-0.25, -0.2) is 0 Å². The maximum atomic E-state index is 6.14. The highest BCUT2D eigenvalue weighted by molar-refractivity contribution is 9.10. The molecule has 21 heavy (non-hydrogen) atoms. The molecule has 116 valence electrons. The van der Waals surface area contributed by atoms with Crippen molar-refractivity contribution >= 4 is 15.9 Å².